The van der Waals surface area contributed by atoms with Crippen molar-refractivity contribution in [1.29, 1.82) is 0 Å². The molecule has 15 heavy (non-hydrogen) atoms. The van der Waals surface area contributed by atoms with Crippen molar-refractivity contribution in [1.82, 2.24) is 0 Å². The highest BCUT2D eigenvalue weighted by Crippen LogP contribution is 2.26. The zero-order chi connectivity index (χ0) is 11.3. The minimum Gasteiger partial charge on any atom is -0.497 e. The van der Waals surface area contributed by atoms with Crippen LogP contribution >= 0.6 is 11.6 Å². The third-order valence-corrected chi connectivity index (χ3v) is 2.64. The fraction of sp³-hybridized carbons (Fsp3) is 0.500. The predicted octanol–water partition coefficient (Wildman–Crippen LogP) is 3.54. The summed E-state index contributed by atoms with van der Waals surface area (Å²) in [6, 6.07) is 5.70. The molecular formula is C12H18ClNO. The summed E-state index contributed by atoms with van der Waals surface area (Å²) in [6.45, 7) is 2.16. The van der Waals surface area contributed by atoms with E-state index in [4.69, 9.17) is 22.1 Å². The molecule has 3 heteroatoms. The molecule has 0 fully saturated rings. The molecule has 1 aromatic carbocycles. The van der Waals surface area contributed by atoms with Crippen molar-refractivity contribution in [2.75, 3.05) is 7.11 Å². The zero-order valence-corrected chi connectivity index (χ0v) is 10.1. The van der Waals surface area contributed by atoms with E-state index in [0.717, 1.165) is 30.6 Å². The van der Waals surface area contributed by atoms with Crippen LogP contribution in [0, 0.1) is 0 Å². The Kier molecular flexibility index (Phi) is 4.92. The average molecular weight is 228 g/mol. The van der Waals surface area contributed by atoms with Crippen LogP contribution < -0.4 is 10.5 Å². The summed E-state index contributed by atoms with van der Waals surface area (Å²) in [6.07, 6.45) is 3.28. The van der Waals surface area contributed by atoms with E-state index in [1.54, 1.807) is 13.2 Å². The second-order valence-electron chi connectivity index (χ2n) is 3.67. The number of nitrogens with two attached hydrogens (primary N) is 1. The average Bonchev–Trinajstić information content (AvgIpc) is 2.24. The van der Waals surface area contributed by atoms with Gasteiger partial charge in [0, 0.05) is 11.1 Å². The summed E-state index contributed by atoms with van der Waals surface area (Å²) in [4.78, 5) is 0. The molecule has 84 valence electrons. The maximum Gasteiger partial charge on any atom is 0.120 e. The van der Waals surface area contributed by atoms with Gasteiger partial charge < -0.3 is 10.5 Å². The van der Waals surface area contributed by atoms with Crippen LogP contribution in [0.5, 0.6) is 5.75 Å². The number of unbranched alkanes of at least 4 members (excludes halogenated alkanes) is 1. The lowest BCUT2D eigenvalue weighted by atomic mass is 10.0. The molecule has 0 saturated carbocycles. The molecule has 0 heterocycles. The van der Waals surface area contributed by atoms with Gasteiger partial charge in [-0.25, -0.2) is 0 Å². The van der Waals surface area contributed by atoms with E-state index in [1.807, 2.05) is 12.1 Å². The molecule has 1 aromatic rings. The van der Waals surface area contributed by atoms with E-state index in [2.05, 4.69) is 6.92 Å². The largest absolute Gasteiger partial charge is 0.497 e. The lowest BCUT2D eigenvalue weighted by molar-refractivity contribution is 0.413. The number of benzene rings is 1. The summed E-state index contributed by atoms with van der Waals surface area (Å²) >= 11 is 5.97. The molecule has 0 amide bonds. The van der Waals surface area contributed by atoms with Crippen LogP contribution in [0.1, 0.15) is 37.8 Å². The molecule has 1 atom stereocenters. The first-order valence-corrected chi connectivity index (χ1v) is 5.65. The number of halogens is 1. The van der Waals surface area contributed by atoms with Crippen LogP contribution in [0.4, 0.5) is 0 Å². The summed E-state index contributed by atoms with van der Waals surface area (Å²) < 4.78 is 5.15. The van der Waals surface area contributed by atoms with E-state index >= 15 is 0 Å². The number of hydrogen-bond donors (Lipinski definition) is 1. The van der Waals surface area contributed by atoms with Crippen molar-refractivity contribution >= 4 is 11.6 Å². The molecule has 0 aliphatic heterocycles. The number of rotatable bonds is 5. The van der Waals surface area contributed by atoms with Gasteiger partial charge in [0.05, 0.1) is 7.11 Å². The van der Waals surface area contributed by atoms with Crippen LogP contribution in [0.15, 0.2) is 18.2 Å². The summed E-state index contributed by atoms with van der Waals surface area (Å²) in [5, 5.41) is 0.677. The van der Waals surface area contributed by atoms with Gasteiger partial charge in [0.25, 0.3) is 0 Å². The highest BCUT2D eigenvalue weighted by molar-refractivity contribution is 6.30. The molecule has 0 aliphatic carbocycles. The number of methoxy groups -OCH3 is 1. The van der Waals surface area contributed by atoms with Gasteiger partial charge in [0.1, 0.15) is 5.75 Å². The fourth-order valence-electron chi connectivity index (χ4n) is 1.51. The van der Waals surface area contributed by atoms with E-state index < -0.39 is 0 Å². The van der Waals surface area contributed by atoms with Crippen molar-refractivity contribution in [3.05, 3.63) is 28.8 Å². The van der Waals surface area contributed by atoms with E-state index in [1.165, 1.54) is 0 Å². The molecule has 0 unspecified atom stereocenters. The molecule has 2 N–H and O–H groups in total. The maximum absolute atomic E-state index is 6.06. The Morgan fingerprint density at radius 2 is 2.13 bits per heavy atom. The molecule has 0 aliphatic rings. The molecule has 0 aromatic heterocycles. The van der Waals surface area contributed by atoms with Crippen LogP contribution in [0.25, 0.3) is 0 Å². The Hall–Kier alpha value is -0.730. The van der Waals surface area contributed by atoms with Gasteiger partial charge in [-0.05, 0) is 30.2 Å². The smallest absolute Gasteiger partial charge is 0.120 e. The highest BCUT2D eigenvalue weighted by atomic mass is 35.5. The van der Waals surface area contributed by atoms with Crippen molar-refractivity contribution in [3.63, 3.8) is 0 Å². The van der Waals surface area contributed by atoms with Gasteiger partial charge in [-0.2, -0.15) is 0 Å². The second kappa shape index (κ2) is 5.99. The molecule has 0 bridgehead atoms. The highest BCUT2D eigenvalue weighted by Gasteiger charge is 2.08. The normalized spacial score (nSPS) is 12.5. The maximum atomic E-state index is 6.06. The lowest BCUT2D eigenvalue weighted by Crippen LogP contribution is -2.10. The Balaban J connectivity index is 2.78. The Morgan fingerprint density at radius 3 is 2.73 bits per heavy atom. The predicted molar refractivity (Wildman–Crippen MR) is 64.5 cm³/mol. The Morgan fingerprint density at radius 1 is 1.40 bits per heavy atom. The van der Waals surface area contributed by atoms with Crippen molar-refractivity contribution < 1.29 is 4.74 Å². The molecule has 0 spiro atoms. The monoisotopic (exact) mass is 227 g/mol. The standard InChI is InChI=1S/C12H18ClNO/c1-3-4-5-12(14)9-6-10(13)8-11(7-9)15-2/h6-8,12H,3-5,14H2,1-2H3/t12-/m1/s1. The van der Waals surface area contributed by atoms with Crippen LogP contribution in [-0.4, -0.2) is 7.11 Å². The first-order chi connectivity index (χ1) is 7.17. The van der Waals surface area contributed by atoms with Gasteiger partial charge in [-0.3, -0.25) is 0 Å². The van der Waals surface area contributed by atoms with Crippen molar-refractivity contribution in [2.24, 2.45) is 5.73 Å². The first kappa shape index (κ1) is 12.3. The van der Waals surface area contributed by atoms with Crippen molar-refractivity contribution in [3.8, 4) is 5.75 Å². The SMILES string of the molecule is CCCC[C@@H](N)c1cc(Cl)cc(OC)c1. The van der Waals surface area contributed by atoms with Gasteiger partial charge >= 0.3 is 0 Å². The minimum atomic E-state index is 0.0533. The van der Waals surface area contributed by atoms with E-state index in [9.17, 15) is 0 Å². The van der Waals surface area contributed by atoms with Gasteiger partial charge in [-0.1, -0.05) is 31.4 Å². The third-order valence-electron chi connectivity index (χ3n) is 2.43. The third kappa shape index (κ3) is 3.73. The van der Waals surface area contributed by atoms with Gasteiger partial charge in [0.2, 0.25) is 0 Å². The molecule has 0 radical (unpaired) electrons. The van der Waals surface area contributed by atoms with Gasteiger partial charge in [-0.15, -0.1) is 0 Å². The summed E-state index contributed by atoms with van der Waals surface area (Å²) in [7, 11) is 1.63. The molecule has 0 saturated heterocycles. The van der Waals surface area contributed by atoms with Crippen LogP contribution in [0.2, 0.25) is 5.02 Å². The minimum absolute atomic E-state index is 0.0533. The van der Waals surface area contributed by atoms with Crippen molar-refractivity contribution in [2.45, 2.75) is 32.2 Å². The van der Waals surface area contributed by atoms with E-state index in [-0.39, 0.29) is 6.04 Å². The molecule has 1 rings (SSSR count). The fourth-order valence-corrected chi connectivity index (χ4v) is 1.74. The first-order valence-electron chi connectivity index (χ1n) is 5.27. The lowest BCUT2D eigenvalue weighted by Gasteiger charge is -2.13. The second-order valence-corrected chi connectivity index (χ2v) is 4.11. The van der Waals surface area contributed by atoms with E-state index in [0.29, 0.717) is 5.02 Å². The van der Waals surface area contributed by atoms with Gasteiger partial charge in [0.15, 0.2) is 0 Å². The van der Waals surface area contributed by atoms with Crippen LogP contribution in [-0.2, 0) is 0 Å². The Labute approximate surface area is 96.4 Å². The number of ether oxygens (including phenoxy) is 1. The topological polar surface area (TPSA) is 35.2 Å². The quantitative estimate of drug-likeness (QED) is 0.835. The summed E-state index contributed by atoms with van der Waals surface area (Å²) in [5.74, 6) is 0.768. The number of hydrogen-bond acceptors (Lipinski definition) is 2. The van der Waals surface area contributed by atoms with Crippen LogP contribution in [0.3, 0.4) is 0 Å². The Bertz CT molecular complexity index is 314. The summed E-state index contributed by atoms with van der Waals surface area (Å²) in [5.41, 5.74) is 7.11. The molecule has 2 nitrogen and oxygen atoms in total. The molecular weight excluding hydrogens is 210 g/mol. The zero-order valence-electron chi connectivity index (χ0n) is 9.29.